The van der Waals surface area contributed by atoms with Crippen molar-refractivity contribution in [2.24, 2.45) is 0 Å². The minimum atomic E-state index is -4.48. The number of alkyl halides is 3. The Balaban J connectivity index is 1.59. The van der Waals surface area contributed by atoms with Crippen molar-refractivity contribution in [2.75, 3.05) is 18.0 Å². The lowest BCUT2D eigenvalue weighted by Gasteiger charge is -2.38. The van der Waals surface area contributed by atoms with Gasteiger partial charge in [-0.2, -0.15) is 13.2 Å². The van der Waals surface area contributed by atoms with Crippen LogP contribution in [-0.2, 0) is 6.18 Å². The highest BCUT2D eigenvalue weighted by Gasteiger charge is 2.34. The summed E-state index contributed by atoms with van der Waals surface area (Å²) in [5.41, 5.74) is -0.970. The van der Waals surface area contributed by atoms with E-state index in [0.717, 1.165) is 12.3 Å². The van der Waals surface area contributed by atoms with Crippen LogP contribution in [0.2, 0.25) is 5.02 Å². The standard InChI is InChI=1S/C13H10ClF3N4O/c14-8-4-19-12(20-5-8)21-6-10(7-21)22-9-1-2-18-11(3-9)13(15,16)17/h1-5,10H,6-7H2. The molecule has 2 aromatic rings. The fourth-order valence-electron chi connectivity index (χ4n) is 1.98. The van der Waals surface area contributed by atoms with Gasteiger partial charge in [-0.05, 0) is 6.07 Å². The minimum absolute atomic E-state index is 0.143. The molecule has 2 aromatic heterocycles. The van der Waals surface area contributed by atoms with E-state index in [1.165, 1.54) is 18.5 Å². The van der Waals surface area contributed by atoms with Crippen LogP contribution in [0.4, 0.5) is 19.1 Å². The topological polar surface area (TPSA) is 51.1 Å². The van der Waals surface area contributed by atoms with Crippen LogP contribution < -0.4 is 9.64 Å². The Morgan fingerprint density at radius 1 is 1.18 bits per heavy atom. The summed E-state index contributed by atoms with van der Waals surface area (Å²) in [4.78, 5) is 13.2. The Morgan fingerprint density at radius 3 is 2.50 bits per heavy atom. The summed E-state index contributed by atoms with van der Waals surface area (Å²) in [6, 6.07) is 2.29. The van der Waals surface area contributed by atoms with Gasteiger partial charge in [0.25, 0.3) is 0 Å². The molecule has 0 aliphatic carbocycles. The second-order valence-electron chi connectivity index (χ2n) is 4.72. The first-order valence-corrected chi connectivity index (χ1v) is 6.72. The molecule has 0 spiro atoms. The third-order valence-electron chi connectivity index (χ3n) is 3.06. The number of hydrogen-bond acceptors (Lipinski definition) is 5. The van der Waals surface area contributed by atoms with Crippen LogP contribution >= 0.6 is 11.6 Å². The number of halogens is 4. The zero-order valence-corrected chi connectivity index (χ0v) is 11.8. The van der Waals surface area contributed by atoms with Gasteiger partial charge in [-0.15, -0.1) is 0 Å². The highest BCUT2D eigenvalue weighted by Crippen LogP contribution is 2.30. The third kappa shape index (κ3) is 3.22. The summed E-state index contributed by atoms with van der Waals surface area (Å²) in [6.45, 7) is 0.983. The second kappa shape index (κ2) is 5.60. The molecule has 1 aliphatic rings. The van der Waals surface area contributed by atoms with Crippen molar-refractivity contribution in [3.63, 3.8) is 0 Å². The summed E-state index contributed by atoms with van der Waals surface area (Å²) >= 11 is 5.70. The molecule has 0 bridgehead atoms. The molecule has 116 valence electrons. The Bertz CT molecular complexity index is 659. The zero-order chi connectivity index (χ0) is 15.7. The number of pyridine rings is 1. The maximum atomic E-state index is 12.6. The fraction of sp³-hybridized carbons (Fsp3) is 0.308. The van der Waals surface area contributed by atoms with Gasteiger partial charge in [0.05, 0.1) is 30.5 Å². The van der Waals surface area contributed by atoms with Gasteiger partial charge in [-0.25, -0.2) is 9.97 Å². The maximum absolute atomic E-state index is 12.6. The molecule has 0 aromatic carbocycles. The normalized spacial score (nSPS) is 15.5. The molecule has 3 rings (SSSR count). The number of rotatable bonds is 3. The molecule has 0 atom stereocenters. The molecule has 1 aliphatic heterocycles. The first-order chi connectivity index (χ1) is 10.4. The average molecular weight is 331 g/mol. The van der Waals surface area contributed by atoms with Crippen molar-refractivity contribution in [2.45, 2.75) is 12.3 Å². The molecule has 0 unspecified atom stereocenters. The van der Waals surface area contributed by atoms with E-state index >= 15 is 0 Å². The molecule has 1 saturated heterocycles. The number of anilines is 1. The van der Waals surface area contributed by atoms with Gasteiger partial charge in [0.15, 0.2) is 0 Å². The van der Waals surface area contributed by atoms with Crippen molar-refractivity contribution in [3.8, 4) is 5.75 Å². The van der Waals surface area contributed by atoms with Crippen LogP contribution in [0.5, 0.6) is 5.75 Å². The Kier molecular flexibility index (Phi) is 3.78. The highest BCUT2D eigenvalue weighted by atomic mass is 35.5. The number of nitrogens with zero attached hydrogens (tertiary/aromatic N) is 4. The molecular weight excluding hydrogens is 321 g/mol. The lowest BCUT2D eigenvalue weighted by Crippen LogP contribution is -2.54. The van der Waals surface area contributed by atoms with Crippen LogP contribution in [-0.4, -0.2) is 34.1 Å². The first-order valence-electron chi connectivity index (χ1n) is 6.34. The van der Waals surface area contributed by atoms with E-state index in [2.05, 4.69) is 15.0 Å². The molecule has 5 nitrogen and oxygen atoms in total. The molecule has 0 N–H and O–H groups in total. The summed E-state index contributed by atoms with van der Waals surface area (Å²) in [7, 11) is 0. The van der Waals surface area contributed by atoms with E-state index in [1.54, 1.807) is 0 Å². The van der Waals surface area contributed by atoms with Crippen molar-refractivity contribution in [3.05, 3.63) is 41.4 Å². The zero-order valence-electron chi connectivity index (χ0n) is 11.1. The van der Waals surface area contributed by atoms with Crippen molar-refractivity contribution in [1.29, 1.82) is 0 Å². The van der Waals surface area contributed by atoms with Crippen molar-refractivity contribution >= 4 is 17.5 Å². The summed E-state index contributed by atoms with van der Waals surface area (Å²) in [5.74, 6) is 0.652. The van der Waals surface area contributed by atoms with E-state index in [1.807, 2.05) is 4.90 Å². The molecule has 9 heteroatoms. The van der Waals surface area contributed by atoms with Crippen LogP contribution in [0.25, 0.3) is 0 Å². The average Bonchev–Trinajstić information content (AvgIpc) is 2.43. The van der Waals surface area contributed by atoms with Gasteiger partial charge in [-0.3, -0.25) is 4.98 Å². The van der Waals surface area contributed by atoms with Crippen LogP contribution in [0.1, 0.15) is 5.69 Å². The Hall–Kier alpha value is -2.09. The molecule has 0 saturated carbocycles. The lowest BCUT2D eigenvalue weighted by atomic mass is 10.2. The molecule has 3 heterocycles. The van der Waals surface area contributed by atoms with E-state index in [0.29, 0.717) is 24.1 Å². The summed E-state index contributed by atoms with van der Waals surface area (Å²) < 4.78 is 43.2. The van der Waals surface area contributed by atoms with Crippen LogP contribution in [0, 0.1) is 0 Å². The van der Waals surface area contributed by atoms with Gasteiger partial charge >= 0.3 is 6.18 Å². The molecular formula is C13H10ClF3N4O. The Morgan fingerprint density at radius 2 is 1.86 bits per heavy atom. The van der Waals surface area contributed by atoms with E-state index in [4.69, 9.17) is 16.3 Å². The predicted octanol–water partition coefficient (Wildman–Crippen LogP) is 2.81. The van der Waals surface area contributed by atoms with Crippen molar-refractivity contribution in [1.82, 2.24) is 15.0 Å². The van der Waals surface area contributed by atoms with Gasteiger partial charge in [0.1, 0.15) is 17.5 Å². The first kappa shape index (κ1) is 14.8. The fourth-order valence-corrected chi connectivity index (χ4v) is 2.07. The maximum Gasteiger partial charge on any atom is 0.433 e. The second-order valence-corrected chi connectivity index (χ2v) is 5.16. The van der Waals surface area contributed by atoms with Crippen LogP contribution in [0.3, 0.4) is 0 Å². The van der Waals surface area contributed by atoms with Gasteiger partial charge in [0.2, 0.25) is 5.95 Å². The van der Waals surface area contributed by atoms with Crippen molar-refractivity contribution < 1.29 is 17.9 Å². The molecule has 22 heavy (non-hydrogen) atoms. The number of hydrogen-bond donors (Lipinski definition) is 0. The highest BCUT2D eigenvalue weighted by molar-refractivity contribution is 6.30. The number of ether oxygens (including phenoxy) is 1. The van der Waals surface area contributed by atoms with Crippen LogP contribution in [0.15, 0.2) is 30.7 Å². The summed E-state index contributed by atoms with van der Waals surface area (Å²) in [6.07, 6.45) is -0.658. The molecule has 0 amide bonds. The van der Waals surface area contributed by atoms with Gasteiger partial charge < -0.3 is 9.64 Å². The molecule has 0 radical (unpaired) electrons. The summed E-state index contributed by atoms with van der Waals surface area (Å²) in [5, 5.41) is 0.438. The predicted molar refractivity (Wildman–Crippen MR) is 72.9 cm³/mol. The lowest BCUT2D eigenvalue weighted by molar-refractivity contribution is -0.141. The van der Waals surface area contributed by atoms with Gasteiger partial charge in [-0.1, -0.05) is 11.6 Å². The Labute approximate surface area is 128 Å². The van der Waals surface area contributed by atoms with E-state index in [9.17, 15) is 13.2 Å². The number of aromatic nitrogens is 3. The van der Waals surface area contributed by atoms with E-state index < -0.39 is 11.9 Å². The smallest absolute Gasteiger partial charge is 0.433 e. The minimum Gasteiger partial charge on any atom is -0.487 e. The monoisotopic (exact) mass is 330 g/mol. The SMILES string of the molecule is FC(F)(F)c1cc(OC2CN(c3ncc(Cl)cn3)C2)ccn1. The quantitative estimate of drug-likeness (QED) is 0.866. The largest absolute Gasteiger partial charge is 0.487 e. The van der Waals surface area contributed by atoms with E-state index in [-0.39, 0.29) is 11.9 Å². The van der Waals surface area contributed by atoms with Gasteiger partial charge in [0, 0.05) is 12.3 Å². The molecule has 1 fully saturated rings. The third-order valence-corrected chi connectivity index (χ3v) is 3.26.